The van der Waals surface area contributed by atoms with Gasteiger partial charge in [-0.1, -0.05) is 50.0 Å². The van der Waals surface area contributed by atoms with Crippen LogP contribution in [0.1, 0.15) is 32.8 Å². The van der Waals surface area contributed by atoms with Crippen molar-refractivity contribution in [3.8, 4) is 17.2 Å². The molecule has 0 unspecified atom stereocenters. The molecule has 2 aromatic carbocycles. The molecule has 2 rings (SSSR count). The maximum Gasteiger partial charge on any atom is 0.261 e. The highest BCUT2D eigenvalue weighted by molar-refractivity contribution is 6.35. The lowest BCUT2D eigenvalue weighted by molar-refractivity contribution is -0.143. The Kier molecular flexibility index (Phi) is 10.8. The normalized spacial score (nSPS) is 11.6. The molecule has 0 radical (unpaired) electrons. The van der Waals surface area contributed by atoms with Crippen LogP contribution in [0.5, 0.6) is 17.2 Å². The van der Waals surface area contributed by atoms with Gasteiger partial charge in [-0.15, -0.1) is 0 Å². The Morgan fingerprint density at radius 3 is 2.15 bits per heavy atom. The minimum atomic E-state index is -0.693. The standard InChI is InChI=1S/C25H32Cl2N2O5/c1-6-23(25(31)28-13-16(2)3)29(14-17-7-8-18(26)9-22(17)27)24(30)15-34-21-11-19(32-4)10-20(12-21)33-5/h7-12,16,23H,6,13-15H2,1-5H3,(H,28,31)/t23-/m0/s1. The van der Waals surface area contributed by atoms with Gasteiger partial charge in [0, 0.05) is 41.3 Å². The summed E-state index contributed by atoms with van der Waals surface area (Å²) in [5.74, 6) is 1.17. The summed E-state index contributed by atoms with van der Waals surface area (Å²) < 4.78 is 16.3. The Balaban J connectivity index is 2.28. The molecule has 186 valence electrons. The lowest BCUT2D eigenvalue weighted by atomic mass is 10.1. The zero-order valence-corrected chi connectivity index (χ0v) is 21.7. The third-order valence-electron chi connectivity index (χ3n) is 5.11. The third-order valence-corrected chi connectivity index (χ3v) is 5.70. The highest BCUT2D eigenvalue weighted by atomic mass is 35.5. The average Bonchev–Trinajstić information content (AvgIpc) is 2.81. The van der Waals surface area contributed by atoms with E-state index in [0.717, 1.165) is 0 Å². The van der Waals surface area contributed by atoms with E-state index < -0.39 is 6.04 Å². The number of amides is 2. The van der Waals surface area contributed by atoms with Crippen molar-refractivity contribution < 1.29 is 23.8 Å². The first kappa shape index (κ1) is 27.6. The molecule has 0 aliphatic rings. The fourth-order valence-corrected chi connectivity index (χ4v) is 3.74. The van der Waals surface area contributed by atoms with Crippen molar-refractivity contribution in [2.24, 2.45) is 5.92 Å². The number of carbonyl (C=O) groups excluding carboxylic acids is 2. The van der Waals surface area contributed by atoms with Crippen LogP contribution >= 0.6 is 23.2 Å². The third kappa shape index (κ3) is 7.99. The highest BCUT2D eigenvalue weighted by Crippen LogP contribution is 2.28. The van der Waals surface area contributed by atoms with Gasteiger partial charge in [-0.05, 0) is 30.0 Å². The first-order valence-electron chi connectivity index (χ1n) is 11.0. The van der Waals surface area contributed by atoms with Crippen LogP contribution in [-0.4, -0.2) is 50.1 Å². The number of carbonyl (C=O) groups is 2. The van der Waals surface area contributed by atoms with Gasteiger partial charge >= 0.3 is 0 Å². The predicted molar refractivity (Wildman–Crippen MR) is 134 cm³/mol. The lowest BCUT2D eigenvalue weighted by Crippen LogP contribution is -2.50. The van der Waals surface area contributed by atoms with Crippen molar-refractivity contribution in [1.29, 1.82) is 0 Å². The van der Waals surface area contributed by atoms with Crippen LogP contribution in [0.3, 0.4) is 0 Å². The van der Waals surface area contributed by atoms with Crippen LogP contribution in [0.15, 0.2) is 36.4 Å². The van der Waals surface area contributed by atoms with Crippen molar-refractivity contribution >= 4 is 35.0 Å². The maximum atomic E-state index is 13.3. The summed E-state index contributed by atoms with van der Waals surface area (Å²) in [6.07, 6.45) is 0.424. The van der Waals surface area contributed by atoms with Gasteiger partial charge in [0.05, 0.1) is 14.2 Å². The first-order valence-corrected chi connectivity index (χ1v) is 11.8. The van der Waals surface area contributed by atoms with Gasteiger partial charge in [0.25, 0.3) is 5.91 Å². The van der Waals surface area contributed by atoms with Crippen LogP contribution in [0.4, 0.5) is 0 Å². The predicted octanol–water partition coefficient (Wildman–Crippen LogP) is 4.97. The second kappa shape index (κ2) is 13.3. The van der Waals surface area contributed by atoms with Crippen LogP contribution in [0.25, 0.3) is 0 Å². The van der Waals surface area contributed by atoms with Crippen molar-refractivity contribution in [1.82, 2.24) is 10.2 Å². The Morgan fingerprint density at radius 2 is 1.62 bits per heavy atom. The Labute approximate surface area is 211 Å². The second-order valence-electron chi connectivity index (χ2n) is 8.16. The van der Waals surface area contributed by atoms with Gasteiger partial charge in [-0.25, -0.2) is 0 Å². The van der Waals surface area contributed by atoms with E-state index in [0.29, 0.717) is 45.8 Å². The molecule has 0 bridgehead atoms. The summed E-state index contributed by atoms with van der Waals surface area (Å²) in [4.78, 5) is 27.8. The lowest BCUT2D eigenvalue weighted by Gasteiger charge is -2.31. The number of benzene rings is 2. The molecule has 0 spiro atoms. The number of hydrogen-bond donors (Lipinski definition) is 1. The number of halogens is 2. The molecule has 0 aromatic heterocycles. The minimum absolute atomic E-state index is 0.132. The maximum absolute atomic E-state index is 13.3. The van der Waals surface area contributed by atoms with E-state index in [2.05, 4.69) is 5.32 Å². The molecule has 2 aromatic rings. The molecule has 0 saturated heterocycles. The highest BCUT2D eigenvalue weighted by Gasteiger charge is 2.29. The average molecular weight is 511 g/mol. The zero-order chi connectivity index (χ0) is 25.3. The summed E-state index contributed by atoms with van der Waals surface area (Å²) in [5.41, 5.74) is 0.678. The van der Waals surface area contributed by atoms with Crippen molar-refractivity contribution in [2.75, 3.05) is 27.4 Å². The molecule has 34 heavy (non-hydrogen) atoms. The number of nitrogens with one attached hydrogen (secondary N) is 1. The quantitative estimate of drug-likeness (QED) is 0.436. The van der Waals surface area contributed by atoms with E-state index in [4.69, 9.17) is 37.4 Å². The summed E-state index contributed by atoms with van der Waals surface area (Å²) in [7, 11) is 3.06. The molecule has 1 atom stereocenters. The van der Waals surface area contributed by atoms with Crippen LogP contribution in [0.2, 0.25) is 10.0 Å². The van der Waals surface area contributed by atoms with E-state index in [9.17, 15) is 9.59 Å². The fourth-order valence-electron chi connectivity index (χ4n) is 3.27. The molecule has 0 saturated carbocycles. The fraction of sp³-hybridized carbons (Fsp3) is 0.440. The van der Waals surface area contributed by atoms with Crippen molar-refractivity contribution in [2.45, 2.75) is 39.8 Å². The van der Waals surface area contributed by atoms with Gasteiger partial charge in [0.1, 0.15) is 23.3 Å². The molecule has 0 fully saturated rings. The number of rotatable bonds is 12. The van der Waals surface area contributed by atoms with E-state index in [-0.39, 0.29) is 30.9 Å². The second-order valence-corrected chi connectivity index (χ2v) is 9.00. The largest absolute Gasteiger partial charge is 0.496 e. The van der Waals surface area contributed by atoms with Gasteiger partial charge in [0.15, 0.2) is 6.61 Å². The van der Waals surface area contributed by atoms with Crippen LogP contribution in [0, 0.1) is 5.92 Å². The van der Waals surface area contributed by atoms with Crippen LogP contribution < -0.4 is 19.5 Å². The number of ether oxygens (including phenoxy) is 3. The molecule has 9 heteroatoms. The summed E-state index contributed by atoms with van der Waals surface area (Å²) in [5, 5.41) is 3.83. The summed E-state index contributed by atoms with van der Waals surface area (Å²) in [6, 6.07) is 9.38. The number of nitrogens with zero attached hydrogens (tertiary/aromatic N) is 1. The van der Waals surface area contributed by atoms with E-state index >= 15 is 0 Å². The Hall–Kier alpha value is -2.64. The Morgan fingerprint density at radius 1 is 1.00 bits per heavy atom. The molecule has 2 amide bonds. The number of methoxy groups -OCH3 is 2. The first-order chi connectivity index (χ1) is 16.2. The van der Waals surface area contributed by atoms with Crippen molar-refractivity contribution in [3.63, 3.8) is 0 Å². The van der Waals surface area contributed by atoms with Crippen LogP contribution in [-0.2, 0) is 16.1 Å². The van der Waals surface area contributed by atoms with E-state index in [1.165, 1.54) is 19.1 Å². The summed E-state index contributed by atoms with van der Waals surface area (Å²) in [6.45, 7) is 6.24. The summed E-state index contributed by atoms with van der Waals surface area (Å²) >= 11 is 12.4. The molecular weight excluding hydrogens is 479 g/mol. The smallest absolute Gasteiger partial charge is 0.261 e. The van der Waals surface area contributed by atoms with Gasteiger partial charge in [-0.3, -0.25) is 9.59 Å². The van der Waals surface area contributed by atoms with E-state index in [1.54, 1.807) is 36.4 Å². The van der Waals surface area contributed by atoms with Gasteiger partial charge in [-0.2, -0.15) is 0 Å². The Bertz CT molecular complexity index is 962. The van der Waals surface area contributed by atoms with E-state index in [1.807, 2.05) is 20.8 Å². The topological polar surface area (TPSA) is 77.1 Å². The van der Waals surface area contributed by atoms with Gasteiger partial charge in [0.2, 0.25) is 5.91 Å². The SMILES string of the molecule is CC[C@@H](C(=O)NCC(C)C)N(Cc1ccc(Cl)cc1Cl)C(=O)COc1cc(OC)cc(OC)c1. The minimum Gasteiger partial charge on any atom is -0.496 e. The number of hydrogen-bond acceptors (Lipinski definition) is 5. The monoisotopic (exact) mass is 510 g/mol. The zero-order valence-electron chi connectivity index (χ0n) is 20.2. The molecule has 0 aliphatic heterocycles. The molecule has 0 aliphatic carbocycles. The molecule has 1 N–H and O–H groups in total. The molecule has 0 heterocycles. The van der Waals surface area contributed by atoms with Gasteiger partial charge < -0.3 is 24.4 Å². The van der Waals surface area contributed by atoms with Crippen molar-refractivity contribution in [3.05, 3.63) is 52.0 Å². The molecule has 7 nitrogen and oxygen atoms in total. The molecular formula is C25H32Cl2N2O5.